The summed E-state index contributed by atoms with van der Waals surface area (Å²) in [5.41, 5.74) is 0.631. The van der Waals surface area contributed by atoms with Crippen molar-refractivity contribution in [3.63, 3.8) is 0 Å². The van der Waals surface area contributed by atoms with Crippen LogP contribution in [0.2, 0.25) is 5.02 Å². The maximum Gasteiger partial charge on any atom is 0.317 e. The Kier molecular flexibility index (Phi) is 4.77. The first kappa shape index (κ1) is 14.6. The predicted octanol–water partition coefficient (Wildman–Crippen LogP) is 3.62. The van der Waals surface area contributed by atoms with Gasteiger partial charge in [-0.1, -0.05) is 41.9 Å². The summed E-state index contributed by atoms with van der Waals surface area (Å²) < 4.78 is 5.22. The number of esters is 1. The van der Waals surface area contributed by atoms with Crippen LogP contribution in [-0.4, -0.2) is 11.1 Å². The van der Waals surface area contributed by atoms with Crippen LogP contribution >= 0.6 is 11.6 Å². The van der Waals surface area contributed by atoms with E-state index in [-0.39, 0.29) is 0 Å². The lowest BCUT2D eigenvalue weighted by atomic mass is 9.98. The smallest absolute Gasteiger partial charge is 0.317 e. The Bertz CT molecular complexity index is 566. The molecule has 0 aliphatic carbocycles. The fourth-order valence-electron chi connectivity index (χ4n) is 1.78. The fourth-order valence-corrected chi connectivity index (χ4v) is 1.90. The molecule has 0 aliphatic rings. The number of ether oxygens (including phenoxy) is 1. The summed E-state index contributed by atoms with van der Waals surface area (Å²) in [6.07, 6.45) is -0.927. The van der Waals surface area contributed by atoms with E-state index >= 15 is 0 Å². The number of benzene rings is 2. The van der Waals surface area contributed by atoms with E-state index in [2.05, 4.69) is 0 Å². The molecule has 0 saturated heterocycles. The molecule has 0 saturated carbocycles. The van der Waals surface area contributed by atoms with E-state index in [1.54, 1.807) is 55.5 Å². The minimum atomic E-state index is -0.927. The zero-order valence-electron chi connectivity index (χ0n) is 11.0. The molecule has 0 unspecified atom stereocenters. The standard InChI is InChI=1S/C16H15ClO3/c1-11(15(18)12-7-9-13(17)10-8-12)16(19)20-14-5-3-2-4-6-14/h2-11,15,18H,1H3/t11-,15+/m0/s1. The van der Waals surface area contributed by atoms with Crippen molar-refractivity contribution in [1.82, 2.24) is 0 Å². The molecule has 0 amide bonds. The Morgan fingerprint density at radius 2 is 1.70 bits per heavy atom. The number of aliphatic hydroxyl groups is 1. The van der Waals surface area contributed by atoms with Crippen molar-refractivity contribution in [2.45, 2.75) is 13.0 Å². The zero-order chi connectivity index (χ0) is 14.5. The predicted molar refractivity (Wildman–Crippen MR) is 77.7 cm³/mol. The Morgan fingerprint density at radius 3 is 2.30 bits per heavy atom. The van der Waals surface area contributed by atoms with Gasteiger partial charge in [0.25, 0.3) is 0 Å². The van der Waals surface area contributed by atoms with Gasteiger partial charge in [0.15, 0.2) is 0 Å². The highest BCUT2D eigenvalue weighted by atomic mass is 35.5. The minimum absolute atomic E-state index is 0.465. The van der Waals surface area contributed by atoms with E-state index in [1.807, 2.05) is 6.07 Å². The van der Waals surface area contributed by atoms with Crippen LogP contribution in [0.15, 0.2) is 54.6 Å². The monoisotopic (exact) mass is 290 g/mol. The third-order valence-electron chi connectivity index (χ3n) is 3.02. The largest absolute Gasteiger partial charge is 0.426 e. The average molecular weight is 291 g/mol. The summed E-state index contributed by atoms with van der Waals surface area (Å²) >= 11 is 5.79. The van der Waals surface area contributed by atoms with Gasteiger partial charge in [0.05, 0.1) is 12.0 Å². The van der Waals surface area contributed by atoms with Crippen molar-refractivity contribution in [2.75, 3.05) is 0 Å². The molecule has 104 valence electrons. The number of rotatable bonds is 4. The van der Waals surface area contributed by atoms with Gasteiger partial charge >= 0.3 is 5.97 Å². The number of para-hydroxylation sites is 1. The summed E-state index contributed by atoms with van der Waals surface area (Å²) in [6.45, 7) is 1.63. The highest BCUT2D eigenvalue weighted by Crippen LogP contribution is 2.25. The molecule has 0 fully saturated rings. The van der Waals surface area contributed by atoms with Gasteiger partial charge < -0.3 is 9.84 Å². The molecule has 3 nitrogen and oxygen atoms in total. The molecular weight excluding hydrogens is 276 g/mol. The van der Waals surface area contributed by atoms with E-state index in [4.69, 9.17) is 16.3 Å². The number of hydrogen-bond donors (Lipinski definition) is 1. The van der Waals surface area contributed by atoms with Crippen LogP contribution in [-0.2, 0) is 4.79 Å². The third kappa shape index (κ3) is 3.59. The van der Waals surface area contributed by atoms with Crippen LogP contribution in [0.1, 0.15) is 18.6 Å². The van der Waals surface area contributed by atoms with E-state index in [9.17, 15) is 9.90 Å². The van der Waals surface area contributed by atoms with E-state index in [0.717, 1.165) is 0 Å². The molecule has 0 radical (unpaired) electrons. The molecule has 1 N–H and O–H groups in total. The quantitative estimate of drug-likeness (QED) is 0.691. The summed E-state index contributed by atoms with van der Waals surface area (Å²) in [5.74, 6) is -0.678. The summed E-state index contributed by atoms with van der Waals surface area (Å²) in [6, 6.07) is 15.5. The van der Waals surface area contributed by atoms with Crippen LogP contribution in [0.4, 0.5) is 0 Å². The van der Waals surface area contributed by atoms with Gasteiger partial charge in [0.1, 0.15) is 5.75 Å². The SMILES string of the molecule is C[C@H](C(=O)Oc1ccccc1)[C@@H](O)c1ccc(Cl)cc1. The number of aliphatic hydroxyl groups excluding tert-OH is 1. The maximum absolute atomic E-state index is 12.0. The fraction of sp³-hybridized carbons (Fsp3) is 0.188. The molecule has 2 atom stereocenters. The minimum Gasteiger partial charge on any atom is -0.426 e. The Hall–Kier alpha value is -1.84. The molecule has 0 bridgehead atoms. The second-order valence-electron chi connectivity index (χ2n) is 4.52. The zero-order valence-corrected chi connectivity index (χ0v) is 11.7. The van der Waals surface area contributed by atoms with Crippen LogP contribution in [0, 0.1) is 5.92 Å². The lowest BCUT2D eigenvalue weighted by molar-refractivity contribution is -0.142. The molecule has 0 aromatic heterocycles. The molecule has 2 aromatic carbocycles. The van der Waals surface area contributed by atoms with Crippen LogP contribution in [0.25, 0.3) is 0 Å². The topological polar surface area (TPSA) is 46.5 Å². The second kappa shape index (κ2) is 6.55. The first-order valence-electron chi connectivity index (χ1n) is 6.28. The first-order valence-corrected chi connectivity index (χ1v) is 6.66. The van der Waals surface area contributed by atoms with Gasteiger partial charge in [-0.3, -0.25) is 4.79 Å². The Balaban J connectivity index is 2.04. The lowest BCUT2D eigenvalue weighted by Crippen LogP contribution is -2.24. The van der Waals surface area contributed by atoms with E-state index in [1.165, 1.54) is 0 Å². The summed E-state index contributed by atoms with van der Waals surface area (Å²) in [7, 11) is 0. The number of hydrogen-bond acceptors (Lipinski definition) is 3. The van der Waals surface area contributed by atoms with Gasteiger partial charge in [-0.05, 0) is 36.8 Å². The number of carbonyl (C=O) groups excluding carboxylic acids is 1. The third-order valence-corrected chi connectivity index (χ3v) is 3.27. The van der Waals surface area contributed by atoms with Gasteiger partial charge in [0, 0.05) is 5.02 Å². The maximum atomic E-state index is 12.0. The van der Waals surface area contributed by atoms with Gasteiger partial charge in [-0.15, -0.1) is 0 Å². The van der Waals surface area contributed by atoms with Gasteiger partial charge in [-0.2, -0.15) is 0 Å². The molecule has 2 rings (SSSR count). The molecule has 0 heterocycles. The lowest BCUT2D eigenvalue weighted by Gasteiger charge is -2.18. The first-order chi connectivity index (χ1) is 9.58. The number of halogens is 1. The van der Waals surface area contributed by atoms with Crippen molar-refractivity contribution in [1.29, 1.82) is 0 Å². The molecular formula is C16H15ClO3. The van der Waals surface area contributed by atoms with Gasteiger partial charge in [0.2, 0.25) is 0 Å². The normalized spacial score (nSPS) is 13.6. The van der Waals surface area contributed by atoms with E-state index in [0.29, 0.717) is 16.3 Å². The number of carbonyl (C=O) groups is 1. The van der Waals surface area contributed by atoms with Crippen LogP contribution in [0.3, 0.4) is 0 Å². The highest BCUT2D eigenvalue weighted by molar-refractivity contribution is 6.30. The van der Waals surface area contributed by atoms with Crippen LogP contribution in [0.5, 0.6) is 5.75 Å². The van der Waals surface area contributed by atoms with Gasteiger partial charge in [-0.25, -0.2) is 0 Å². The van der Waals surface area contributed by atoms with E-state index < -0.39 is 18.0 Å². The average Bonchev–Trinajstić information content (AvgIpc) is 2.47. The van der Waals surface area contributed by atoms with Crippen molar-refractivity contribution >= 4 is 17.6 Å². The highest BCUT2D eigenvalue weighted by Gasteiger charge is 2.25. The van der Waals surface area contributed by atoms with Crippen molar-refractivity contribution in [2.24, 2.45) is 5.92 Å². The Labute approximate surface area is 122 Å². The molecule has 0 aliphatic heterocycles. The van der Waals surface area contributed by atoms with Crippen molar-refractivity contribution in [3.8, 4) is 5.75 Å². The summed E-state index contributed by atoms with van der Waals surface area (Å²) in [5, 5.41) is 10.8. The Morgan fingerprint density at radius 1 is 1.10 bits per heavy atom. The summed E-state index contributed by atoms with van der Waals surface area (Å²) in [4.78, 5) is 12.0. The molecule has 4 heteroatoms. The molecule has 2 aromatic rings. The van der Waals surface area contributed by atoms with Crippen molar-refractivity contribution < 1.29 is 14.6 Å². The molecule has 20 heavy (non-hydrogen) atoms. The van der Waals surface area contributed by atoms with Crippen molar-refractivity contribution in [3.05, 3.63) is 65.2 Å². The van der Waals surface area contributed by atoms with Crippen LogP contribution < -0.4 is 4.74 Å². The second-order valence-corrected chi connectivity index (χ2v) is 4.96. The molecule has 0 spiro atoms.